The van der Waals surface area contributed by atoms with Crippen LogP contribution in [0.3, 0.4) is 0 Å². The maximum Gasteiger partial charge on any atom is 0.145 e. The van der Waals surface area contributed by atoms with E-state index in [2.05, 4.69) is 0 Å². The Kier molecular flexibility index (Phi) is 5.26. The van der Waals surface area contributed by atoms with Gasteiger partial charge in [0.1, 0.15) is 11.9 Å². The first-order valence-electron chi connectivity index (χ1n) is 5.32. The fraction of sp³-hybridized carbons (Fsp3) is 0.417. The lowest BCUT2D eigenvalue weighted by molar-refractivity contribution is 0.611. The predicted octanol–water partition coefficient (Wildman–Crippen LogP) is 1.68. The Morgan fingerprint density at radius 1 is 1.59 bits per heavy atom. The minimum absolute atomic E-state index is 0.00533. The second-order valence-corrected chi connectivity index (χ2v) is 5.52. The summed E-state index contributed by atoms with van der Waals surface area (Å²) in [5.41, 5.74) is 5.88. The van der Waals surface area contributed by atoms with Crippen molar-refractivity contribution in [3.8, 4) is 6.07 Å². The molecule has 0 fully saturated rings. The van der Waals surface area contributed by atoms with Crippen molar-refractivity contribution in [3.05, 3.63) is 35.1 Å². The maximum atomic E-state index is 13.7. The standard InChI is InChI=1S/C12H15FN2OS/c1-9(15)5-6-17(16)8-11-4-2-3-10(7-14)12(11)13/h2-4,9H,5-6,8,15H2,1H3. The number of nitrogens with two attached hydrogens (primary N) is 1. The molecular weight excluding hydrogens is 239 g/mol. The monoisotopic (exact) mass is 254 g/mol. The molecule has 0 aromatic heterocycles. The van der Waals surface area contributed by atoms with E-state index in [9.17, 15) is 8.60 Å². The van der Waals surface area contributed by atoms with Crippen LogP contribution in [0.15, 0.2) is 18.2 Å². The summed E-state index contributed by atoms with van der Waals surface area (Å²) < 4.78 is 25.3. The van der Waals surface area contributed by atoms with Gasteiger partial charge in [-0.1, -0.05) is 12.1 Å². The highest BCUT2D eigenvalue weighted by atomic mass is 32.2. The van der Waals surface area contributed by atoms with E-state index in [-0.39, 0.29) is 17.4 Å². The number of hydrogen-bond donors (Lipinski definition) is 1. The Labute approximate surface area is 103 Å². The van der Waals surface area contributed by atoms with E-state index in [1.807, 2.05) is 6.92 Å². The molecule has 0 amide bonds. The maximum absolute atomic E-state index is 13.7. The largest absolute Gasteiger partial charge is 0.328 e. The van der Waals surface area contributed by atoms with E-state index >= 15 is 0 Å². The number of rotatable bonds is 5. The van der Waals surface area contributed by atoms with Gasteiger partial charge >= 0.3 is 0 Å². The van der Waals surface area contributed by atoms with Gasteiger partial charge in [0.2, 0.25) is 0 Å². The summed E-state index contributed by atoms with van der Waals surface area (Å²) in [6, 6.07) is 6.32. The quantitative estimate of drug-likeness (QED) is 0.869. The van der Waals surface area contributed by atoms with Crippen molar-refractivity contribution in [2.75, 3.05) is 5.75 Å². The number of hydrogen-bond acceptors (Lipinski definition) is 3. The summed E-state index contributed by atoms with van der Waals surface area (Å²) in [7, 11) is -1.14. The van der Waals surface area contributed by atoms with Crippen LogP contribution in [-0.2, 0) is 16.6 Å². The van der Waals surface area contributed by atoms with Gasteiger partial charge in [-0.25, -0.2) is 4.39 Å². The van der Waals surface area contributed by atoms with E-state index < -0.39 is 16.6 Å². The van der Waals surface area contributed by atoms with Gasteiger partial charge in [-0.2, -0.15) is 5.26 Å². The highest BCUT2D eigenvalue weighted by molar-refractivity contribution is 7.84. The Hall–Kier alpha value is -1.25. The van der Waals surface area contributed by atoms with E-state index in [1.54, 1.807) is 18.2 Å². The highest BCUT2D eigenvalue weighted by Crippen LogP contribution is 2.14. The van der Waals surface area contributed by atoms with Crippen molar-refractivity contribution in [1.29, 1.82) is 5.26 Å². The SMILES string of the molecule is CC(N)CCS(=O)Cc1cccc(C#N)c1F. The summed E-state index contributed by atoms with van der Waals surface area (Å²) in [5, 5.41) is 8.67. The molecule has 0 saturated heterocycles. The summed E-state index contributed by atoms with van der Waals surface area (Å²) in [6.07, 6.45) is 0.645. The van der Waals surface area contributed by atoms with Gasteiger partial charge in [-0.05, 0) is 19.4 Å². The molecule has 1 aromatic carbocycles. The number of nitrogens with zero attached hydrogens (tertiary/aromatic N) is 1. The van der Waals surface area contributed by atoms with Crippen LogP contribution in [0, 0.1) is 17.1 Å². The molecule has 0 radical (unpaired) electrons. The average Bonchev–Trinajstić information content (AvgIpc) is 2.29. The third kappa shape index (κ3) is 4.25. The zero-order chi connectivity index (χ0) is 12.8. The molecule has 0 aliphatic carbocycles. The summed E-state index contributed by atoms with van der Waals surface area (Å²) >= 11 is 0. The molecule has 17 heavy (non-hydrogen) atoms. The second-order valence-electron chi connectivity index (χ2n) is 3.94. The molecule has 0 spiro atoms. The van der Waals surface area contributed by atoms with Crippen LogP contribution in [0.2, 0.25) is 0 Å². The molecule has 0 heterocycles. The van der Waals surface area contributed by atoms with Crippen molar-refractivity contribution in [2.45, 2.75) is 25.1 Å². The van der Waals surface area contributed by atoms with Crippen LogP contribution in [-0.4, -0.2) is 16.0 Å². The lowest BCUT2D eigenvalue weighted by Gasteiger charge is -2.06. The van der Waals surface area contributed by atoms with Gasteiger partial charge in [0.15, 0.2) is 0 Å². The lowest BCUT2D eigenvalue weighted by Crippen LogP contribution is -2.18. The molecule has 0 aliphatic rings. The first-order chi connectivity index (χ1) is 8.04. The average molecular weight is 254 g/mol. The molecule has 0 saturated carbocycles. The normalized spacial score (nSPS) is 14.0. The van der Waals surface area contributed by atoms with Crippen LogP contribution in [0.1, 0.15) is 24.5 Å². The molecule has 2 N–H and O–H groups in total. The van der Waals surface area contributed by atoms with Crippen molar-refractivity contribution >= 4 is 10.8 Å². The van der Waals surface area contributed by atoms with Gasteiger partial charge in [0.25, 0.3) is 0 Å². The summed E-state index contributed by atoms with van der Waals surface area (Å²) in [5.74, 6) is 0.0197. The third-order valence-corrected chi connectivity index (χ3v) is 3.64. The fourth-order valence-corrected chi connectivity index (χ4v) is 2.69. The molecule has 0 bridgehead atoms. The molecular formula is C12H15FN2OS. The number of benzene rings is 1. The zero-order valence-corrected chi connectivity index (χ0v) is 10.5. The number of halogens is 1. The predicted molar refractivity (Wildman–Crippen MR) is 66.1 cm³/mol. The molecule has 5 heteroatoms. The fourth-order valence-electron chi connectivity index (χ4n) is 1.34. The van der Waals surface area contributed by atoms with E-state index in [1.165, 1.54) is 6.07 Å². The van der Waals surface area contributed by atoms with Crippen LogP contribution in [0.4, 0.5) is 4.39 Å². The third-order valence-electron chi connectivity index (χ3n) is 2.32. The Morgan fingerprint density at radius 2 is 2.29 bits per heavy atom. The molecule has 3 nitrogen and oxygen atoms in total. The van der Waals surface area contributed by atoms with E-state index in [4.69, 9.17) is 11.0 Å². The topological polar surface area (TPSA) is 66.9 Å². The molecule has 1 aromatic rings. The molecule has 2 unspecified atom stereocenters. The Bertz CT molecular complexity index is 454. The molecule has 1 rings (SSSR count). The smallest absolute Gasteiger partial charge is 0.145 e. The van der Waals surface area contributed by atoms with Crippen LogP contribution >= 0.6 is 0 Å². The lowest BCUT2D eigenvalue weighted by atomic mass is 10.1. The van der Waals surface area contributed by atoms with Crippen molar-refractivity contribution in [1.82, 2.24) is 0 Å². The molecule has 0 aliphatic heterocycles. The van der Waals surface area contributed by atoms with E-state index in [0.717, 1.165) is 0 Å². The van der Waals surface area contributed by atoms with Crippen LogP contribution < -0.4 is 5.73 Å². The second kappa shape index (κ2) is 6.48. The van der Waals surface area contributed by atoms with Gasteiger partial charge < -0.3 is 5.73 Å². The van der Waals surface area contributed by atoms with Gasteiger partial charge in [0, 0.05) is 28.2 Å². The number of nitriles is 1. The minimum atomic E-state index is -1.14. The zero-order valence-electron chi connectivity index (χ0n) is 9.65. The highest BCUT2D eigenvalue weighted by Gasteiger charge is 2.10. The molecule has 2 atom stereocenters. The Morgan fingerprint density at radius 3 is 2.88 bits per heavy atom. The van der Waals surface area contributed by atoms with Crippen LogP contribution in [0.25, 0.3) is 0 Å². The van der Waals surface area contributed by atoms with Crippen molar-refractivity contribution in [3.63, 3.8) is 0 Å². The summed E-state index contributed by atoms with van der Waals surface area (Å²) in [4.78, 5) is 0. The summed E-state index contributed by atoms with van der Waals surface area (Å²) in [6.45, 7) is 1.84. The van der Waals surface area contributed by atoms with E-state index in [0.29, 0.717) is 17.7 Å². The molecule has 92 valence electrons. The van der Waals surface area contributed by atoms with Gasteiger partial charge in [0.05, 0.1) is 11.3 Å². The van der Waals surface area contributed by atoms with Gasteiger partial charge in [-0.3, -0.25) is 4.21 Å². The minimum Gasteiger partial charge on any atom is -0.328 e. The first kappa shape index (κ1) is 13.8. The first-order valence-corrected chi connectivity index (χ1v) is 6.81. The Balaban J connectivity index is 2.69. The van der Waals surface area contributed by atoms with Crippen LogP contribution in [0.5, 0.6) is 0 Å². The van der Waals surface area contributed by atoms with Crippen molar-refractivity contribution in [2.24, 2.45) is 5.73 Å². The van der Waals surface area contributed by atoms with Gasteiger partial charge in [-0.15, -0.1) is 0 Å². The van der Waals surface area contributed by atoms with Crippen molar-refractivity contribution < 1.29 is 8.60 Å².